The lowest BCUT2D eigenvalue weighted by atomic mass is 9.85. The molecule has 1 aromatic carbocycles. The first-order valence-corrected chi connectivity index (χ1v) is 12.9. The quantitative estimate of drug-likeness (QED) is 0.364. The van der Waals surface area contributed by atoms with Crippen LogP contribution in [-0.2, 0) is 4.79 Å². The number of rotatable bonds is 10. The van der Waals surface area contributed by atoms with Crippen molar-refractivity contribution in [2.45, 2.75) is 93.9 Å². The summed E-state index contributed by atoms with van der Waals surface area (Å²) in [5.41, 5.74) is 6.76. The smallest absolute Gasteiger partial charge is 0.161 e. The predicted molar refractivity (Wildman–Crippen MR) is 146 cm³/mol. The van der Waals surface area contributed by atoms with Crippen LogP contribution in [0.5, 0.6) is 0 Å². The Bertz CT molecular complexity index is 753. The van der Waals surface area contributed by atoms with Gasteiger partial charge in [0, 0.05) is 23.5 Å². The number of nitrogens with zero attached hydrogens (tertiary/aromatic N) is 1. The first-order valence-electron chi connectivity index (χ1n) is 12.9. The summed E-state index contributed by atoms with van der Waals surface area (Å²) in [6, 6.07) is 10.3. The molecule has 0 spiro atoms. The summed E-state index contributed by atoms with van der Waals surface area (Å²) >= 11 is 0. The molecule has 0 aliphatic heterocycles. The van der Waals surface area contributed by atoms with Crippen molar-refractivity contribution in [3.05, 3.63) is 70.6 Å². The number of nitrogens with one attached hydrogen (secondary N) is 1. The minimum absolute atomic E-state index is 0.156. The highest BCUT2D eigenvalue weighted by molar-refractivity contribution is 5.98. The van der Waals surface area contributed by atoms with Gasteiger partial charge in [-0.3, -0.25) is 9.69 Å². The van der Waals surface area contributed by atoms with Gasteiger partial charge >= 0.3 is 0 Å². The molecule has 2 rings (SSSR count). The Hall–Kier alpha value is -2.13. The van der Waals surface area contributed by atoms with Gasteiger partial charge < -0.3 is 5.32 Å². The van der Waals surface area contributed by atoms with Crippen LogP contribution in [0, 0.1) is 6.92 Å². The zero-order chi connectivity index (χ0) is 25.2. The van der Waals surface area contributed by atoms with Gasteiger partial charge in [0.05, 0.1) is 0 Å². The van der Waals surface area contributed by atoms with Gasteiger partial charge in [-0.25, -0.2) is 0 Å². The van der Waals surface area contributed by atoms with Crippen LogP contribution in [0.1, 0.15) is 92.6 Å². The molecule has 1 aromatic rings. The van der Waals surface area contributed by atoms with E-state index in [4.69, 9.17) is 0 Å². The van der Waals surface area contributed by atoms with E-state index in [-0.39, 0.29) is 5.78 Å². The highest BCUT2D eigenvalue weighted by Crippen LogP contribution is 2.31. The van der Waals surface area contributed by atoms with E-state index in [9.17, 15) is 4.79 Å². The Morgan fingerprint density at radius 1 is 0.970 bits per heavy atom. The number of allylic oxidation sites excluding steroid dienone is 4. The number of hydrogen-bond donors (Lipinski definition) is 1. The van der Waals surface area contributed by atoms with Crippen LogP contribution in [0.4, 0.5) is 0 Å². The number of Topliss-reactive ketones (excluding diaryl/α,β-unsaturated/α-hetero) is 1. The van der Waals surface area contributed by atoms with Crippen molar-refractivity contribution in [3.63, 3.8) is 0 Å². The summed E-state index contributed by atoms with van der Waals surface area (Å²) in [6.45, 7) is 23.6. The summed E-state index contributed by atoms with van der Waals surface area (Å²) in [6.07, 6.45) is 6.84. The van der Waals surface area contributed by atoms with E-state index in [1.165, 1.54) is 29.6 Å². The van der Waals surface area contributed by atoms with E-state index in [0.717, 1.165) is 62.3 Å². The third-order valence-electron chi connectivity index (χ3n) is 5.57. The maximum atomic E-state index is 12.3. The topological polar surface area (TPSA) is 32.3 Å². The highest BCUT2D eigenvalue weighted by atomic mass is 16.1. The molecule has 1 aliphatic carbocycles. The van der Waals surface area contributed by atoms with E-state index >= 15 is 0 Å². The van der Waals surface area contributed by atoms with E-state index in [1.54, 1.807) is 6.92 Å². The Balaban J connectivity index is 0.000000950. The lowest BCUT2D eigenvalue weighted by molar-refractivity contribution is -0.113. The standard InChI is InChI=1S/C21H36N2O.C7H8.C2H6/c1-7-13-23(14-8-2)15-17(4)22-18(5)21(19(6)24)20-12-10-9-11-16(20)3;1-7-5-3-2-4-6-7;1-2/h22H,4,7-15H2,1-3,5-6H3;2-6H,1H3;1-2H3/b21-18+;;. The van der Waals surface area contributed by atoms with Gasteiger partial charge in [-0.2, -0.15) is 0 Å². The van der Waals surface area contributed by atoms with Crippen molar-refractivity contribution in [1.82, 2.24) is 10.2 Å². The Morgan fingerprint density at radius 3 is 1.94 bits per heavy atom. The summed E-state index contributed by atoms with van der Waals surface area (Å²) in [4.78, 5) is 14.7. The highest BCUT2D eigenvalue weighted by Gasteiger charge is 2.19. The minimum Gasteiger partial charge on any atom is -0.361 e. The molecule has 0 bridgehead atoms. The van der Waals surface area contributed by atoms with Gasteiger partial charge in [-0.15, -0.1) is 0 Å². The van der Waals surface area contributed by atoms with E-state index in [1.807, 2.05) is 39.0 Å². The van der Waals surface area contributed by atoms with Crippen molar-refractivity contribution in [2.24, 2.45) is 0 Å². The maximum Gasteiger partial charge on any atom is 0.161 e. The second-order valence-electron chi connectivity index (χ2n) is 8.68. The first-order chi connectivity index (χ1) is 15.8. The molecule has 3 heteroatoms. The monoisotopic (exact) mass is 454 g/mol. The molecule has 1 N–H and O–H groups in total. The molecule has 0 fully saturated rings. The molecule has 0 amide bonds. The average Bonchev–Trinajstić information content (AvgIpc) is 2.77. The van der Waals surface area contributed by atoms with Crippen LogP contribution in [0.15, 0.2) is 65.0 Å². The molecule has 33 heavy (non-hydrogen) atoms. The molecule has 1 aliphatic rings. The number of aryl methyl sites for hydroxylation is 1. The number of carbonyl (C=O) groups is 1. The number of ketones is 1. The van der Waals surface area contributed by atoms with Crippen LogP contribution < -0.4 is 5.32 Å². The van der Waals surface area contributed by atoms with Crippen LogP contribution >= 0.6 is 0 Å². The van der Waals surface area contributed by atoms with Gasteiger partial charge in [0.2, 0.25) is 0 Å². The summed E-state index contributed by atoms with van der Waals surface area (Å²) in [5, 5.41) is 3.41. The third-order valence-corrected chi connectivity index (χ3v) is 5.57. The third kappa shape index (κ3) is 12.6. The molecule has 0 heterocycles. The average molecular weight is 455 g/mol. The largest absolute Gasteiger partial charge is 0.361 e. The van der Waals surface area contributed by atoms with E-state index in [2.05, 4.69) is 56.6 Å². The summed E-state index contributed by atoms with van der Waals surface area (Å²) < 4.78 is 0. The zero-order valence-corrected chi connectivity index (χ0v) is 22.8. The molecule has 3 nitrogen and oxygen atoms in total. The Labute approximate surface area is 205 Å². The lowest BCUT2D eigenvalue weighted by Gasteiger charge is -2.25. The first kappa shape index (κ1) is 30.9. The van der Waals surface area contributed by atoms with Crippen molar-refractivity contribution in [1.29, 1.82) is 0 Å². The molecule has 0 aromatic heterocycles. The Morgan fingerprint density at radius 2 is 1.52 bits per heavy atom. The van der Waals surface area contributed by atoms with E-state index in [0.29, 0.717) is 0 Å². The molecular weight excluding hydrogens is 404 g/mol. The van der Waals surface area contributed by atoms with Gasteiger partial charge in [-0.05, 0) is 84.9 Å². The van der Waals surface area contributed by atoms with Crippen molar-refractivity contribution < 1.29 is 4.79 Å². The second-order valence-corrected chi connectivity index (χ2v) is 8.68. The molecular formula is C30H50N2O. The maximum absolute atomic E-state index is 12.3. The molecule has 0 radical (unpaired) electrons. The molecule has 186 valence electrons. The number of hydrogen-bond acceptors (Lipinski definition) is 3. The van der Waals surface area contributed by atoms with Crippen LogP contribution in [0.2, 0.25) is 0 Å². The molecule has 0 saturated carbocycles. The zero-order valence-electron chi connectivity index (χ0n) is 22.8. The number of benzene rings is 1. The molecule has 0 atom stereocenters. The summed E-state index contributed by atoms with van der Waals surface area (Å²) in [5.74, 6) is 0.156. The normalized spacial score (nSPS) is 13.8. The van der Waals surface area contributed by atoms with Crippen molar-refractivity contribution in [2.75, 3.05) is 19.6 Å². The van der Waals surface area contributed by atoms with Crippen LogP contribution in [0.25, 0.3) is 0 Å². The fraction of sp³-hybridized carbons (Fsp3) is 0.567. The lowest BCUT2D eigenvalue weighted by Crippen LogP contribution is -2.31. The van der Waals surface area contributed by atoms with Crippen molar-refractivity contribution >= 4 is 5.78 Å². The van der Waals surface area contributed by atoms with Crippen molar-refractivity contribution in [3.8, 4) is 0 Å². The fourth-order valence-corrected chi connectivity index (χ4v) is 4.17. The Kier molecular flexibility index (Phi) is 17.1. The predicted octanol–water partition coefficient (Wildman–Crippen LogP) is 7.99. The van der Waals surface area contributed by atoms with E-state index < -0.39 is 0 Å². The van der Waals surface area contributed by atoms with Gasteiger partial charge in [-0.1, -0.05) is 75.7 Å². The fourth-order valence-electron chi connectivity index (χ4n) is 4.17. The SMILES string of the molecule is C=C(CN(CCC)CCC)N/C(C)=C(\C(C)=O)C1=C(C)CCCC1.CC.Cc1ccccc1. The van der Waals surface area contributed by atoms with Gasteiger partial charge in [0.1, 0.15) is 0 Å². The second kappa shape index (κ2) is 18.3. The summed E-state index contributed by atoms with van der Waals surface area (Å²) in [7, 11) is 0. The molecule has 0 saturated heterocycles. The van der Waals surface area contributed by atoms with Gasteiger partial charge in [0.25, 0.3) is 0 Å². The minimum atomic E-state index is 0.156. The van der Waals surface area contributed by atoms with Gasteiger partial charge in [0.15, 0.2) is 5.78 Å². The number of carbonyl (C=O) groups excluding carboxylic acids is 1. The van der Waals surface area contributed by atoms with Crippen LogP contribution in [0.3, 0.4) is 0 Å². The van der Waals surface area contributed by atoms with Crippen LogP contribution in [-0.4, -0.2) is 30.3 Å². The molecule has 0 unspecified atom stereocenters.